The summed E-state index contributed by atoms with van der Waals surface area (Å²) < 4.78 is 0. The van der Waals surface area contributed by atoms with Crippen molar-refractivity contribution in [3.05, 3.63) is 53.5 Å². The Kier molecular flexibility index (Phi) is 4.74. The Hall–Kier alpha value is -1.88. The van der Waals surface area contributed by atoms with Gasteiger partial charge in [0.1, 0.15) is 10.3 Å². The molecule has 2 aromatic rings. The summed E-state index contributed by atoms with van der Waals surface area (Å²) >= 11 is 1.24. The van der Waals surface area contributed by atoms with Gasteiger partial charge in [0.15, 0.2) is 0 Å². The molecule has 2 rings (SSSR count). The molecule has 1 unspecified atom stereocenters. The van der Waals surface area contributed by atoms with E-state index in [0.717, 1.165) is 17.0 Å². The molecule has 1 heterocycles. The first-order valence-corrected chi connectivity index (χ1v) is 7.18. The fourth-order valence-corrected chi connectivity index (χ4v) is 2.70. The van der Waals surface area contributed by atoms with Gasteiger partial charge in [0, 0.05) is 0 Å². The van der Waals surface area contributed by atoms with Gasteiger partial charge in [-0.2, -0.15) is 0 Å². The highest BCUT2D eigenvalue weighted by molar-refractivity contribution is 8.00. The van der Waals surface area contributed by atoms with Crippen LogP contribution in [0.5, 0.6) is 0 Å². The van der Waals surface area contributed by atoms with Gasteiger partial charge in [-0.05, 0) is 25.8 Å². The lowest BCUT2D eigenvalue weighted by molar-refractivity contribution is -0.136. The van der Waals surface area contributed by atoms with E-state index >= 15 is 0 Å². The number of nitrogens with zero attached hydrogens (tertiary/aromatic N) is 2. The molecule has 1 atom stereocenters. The van der Waals surface area contributed by atoms with Crippen LogP contribution >= 0.6 is 11.8 Å². The summed E-state index contributed by atoms with van der Waals surface area (Å²) in [5, 5.41) is 9.44. The first-order valence-electron chi connectivity index (χ1n) is 6.30. The van der Waals surface area contributed by atoms with E-state index < -0.39 is 11.2 Å². The van der Waals surface area contributed by atoms with Crippen LogP contribution in [0.1, 0.15) is 17.0 Å². The highest BCUT2D eigenvalue weighted by Gasteiger charge is 2.20. The van der Waals surface area contributed by atoms with Gasteiger partial charge in [0.05, 0.1) is 17.6 Å². The van der Waals surface area contributed by atoms with E-state index in [1.165, 1.54) is 11.8 Å². The standard InChI is InChI=1S/C15H16N2O2S/c1-10-11(2)17-14(9-16-10)20-13(15(18)19)8-12-6-4-3-5-7-12/h3-7,9,13H,8H2,1-2H3,(H,18,19). The van der Waals surface area contributed by atoms with Crippen molar-refractivity contribution < 1.29 is 9.90 Å². The predicted octanol–water partition coefficient (Wildman–Crippen LogP) is 2.88. The SMILES string of the molecule is Cc1ncc(SC(Cc2ccccc2)C(=O)O)nc1C. The van der Waals surface area contributed by atoms with Crippen molar-refractivity contribution in [3.8, 4) is 0 Å². The number of rotatable bonds is 5. The van der Waals surface area contributed by atoms with Crippen molar-refractivity contribution in [1.82, 2.24) is 9.97 Å². The van der Waals surface area contributed by atoms with Crippen LogP contribution in [0.25, 0.3) is 0 Å². The van der Waals surface area contributed by atoms with Crippen molar-refractivity contribution in [2.24, 2.45) is 0 Å². The van der Waals surface area contributed by atoms with E-state index in [1.54, 1.807) is 6.20 Å². The molecule has 0 aliphatic heterocycles. The number of thioether (sulfide) groups is 1. The van der Waals surface area contributed by atoms with Crippen LogP contribution in [0.4, 0.5) is 0 Å². The maximum absolute atomic E-state index is 11.4. The van der Waals surface area contributed by atoms with Crippen molar-refractivity contribution in [3.63, 3.8) is 0 Å². The molecule has 0 aliphatic rings. The number of benzene rings is 1. The molecule has 0 aliphatic carbocycles. The van der Waals surface area contributed by atoms with Crippen molar-refractivity contribution in [1.29, 1.82) is 0 Å². The normalized spacial score (nSPS) is 12.1. The summed E-state index contributed by atoms with van der Waals surface area (Å²) in [5.41, 5.74) is 2.70. The molecule has 1 aromatic heterocycles. The molecule has 1 aromatic carbocycles. The first kappa shape index (κ1) is 14.5. The summed E-state index contributed by atoms with van der Waals surface area (Å²) in [6.45, 7) is 3.76. The maximum atomic E-state index is 11.4. The number of carboxylic acids is 1. The molecule has 104 valence electrons. The largest absolute Gasteiger partial charge is 0.480 e. The highest BCUT2D eigenvalue weighted by Crippen LogP contribution is 2.24. The average Bonchev–Trinajstić information content (AvgIpc) is 2.43. The van der Waals surface area contributed by atoms with Crippen molar-refractivity contribution in [2.75, 3.05) is 0 Å². The Morgan fingerprint density at radius 1 is 1.25 bits per heavy atom. The van der Waals surface area contributed by atoms with Gasteiger partial charge in [-0.1, -0.05) is 42.1 Å². The summed E-state index contributed by atoms with van der Waals surface area (Å²) in [6.07, 6.45) is 2.10. The van der Waals surface area contributed by atoms with E-state index in [1.807, 2.05) is 44.2 Å². The lowest BCUT2D eigenvalue weighted by Gasteiger charge is -2.12. The van der Waals surface area contributed by atoms with Crippen LogP contribution in [0, 0.1) is 13.8 Å². The summed E-state index contributed by atoms with van der Waals surface area (Å²) in [5.74, 6) is -0.834. The Balaban J connectivity index is 2.13. The predicted molar refractivity (Wildman–Crippen MR) is 78.9 cm³/mol. The minimum Gasteiger partial charge on any atom is -0.480 e. The second kappa shape index (κ2) is 6.52. The first-order chi connectivity index (χ1) is 9.56. The van der Waals surface area contributed by atoms with E-state index in [0.29, 0.717) is 11.4 Å². The van der Waals surface area contributed by atoms with Gasteiger partial charge in [-0.15, -0.1) is 0 Å². The smallest absolute Gasteiger partial charge is 0.317 e. The fraction of sp³-hybridized carbons (Fsp3) is 0.267. The molecule has 0 saturated heterocycles. The molecule has 4 nitrogen and oxygen atoms in total. The van der Waals surface area contributed by atoms with Gasteiger partial charge in [0.25, 0.3) is 0 Å². The zero-order chi connectivity index (χ0) is 14.5. The van der Waals surface area contributed by atoms with Crippen LogP contribution in [0.2, 0.25) is 0 Å². The van der Waals surface area contributed by atoms with Gasteiger partial charge in [-0.25, -0.2) is 4.98 Å². The zero-order valence-electron chi connectivity index (χ0n) is 11.4. The summed E-state index contributed by atoms with van der Waals surface area (Å²) in [7, 11) is 0. The van der Waals surface area contributed by atoms with Gasteiger partial charge in [0.2, 0.25) is 0 Å². The molecular weight excluding hydrogens is 272 g/mol. The molecule has 5 heteroatoms. The third-order valence-electron chi connectivity index (χ3n) is 2.97. The lowest BCUT2D eigenvalue weighted by atomic mass is 10.1. The van der Waals surface area contributed by atoms with E-state index in [4.69, 9.17) is 0 Å². The molecule has 1 N–H and O–H groups in total. The number of carbonyl (C=O) groups is 1. The maximum Gasteiger partial charge on any atom is 0.317 e. The molecular formula is C15H16N2O2S. The van der Waals surface area contributed by atoms with E-state index in [9.17, 15) is 9.90 Å². The van der Waals surface area contributed by atoms with Crippen LogP contribution < -0.4 is 0 Å². The Bertz CT molecular complexity index is 602. The van der Waals surface area contributed by atoms with Crippen molar-refractivity contribution in [2.45, 2.75) is 30.5 Å². The fourth-order valence-electron chi connectivity index (χ4n) is 1.73. The monoisotopic (exact) mass is 288 g/mol. The molecule has 0 spiro atoms. The number of hydrogen-bond donors (Lipinski definition) is 1. The zero-order valence-corrected chi connectivity index (χ0v) is 12.2. The Morgan fingerprint density at radius 2 is 1.95 bits per heavy atom. The molecule has 0 fully saturated rings. The second-order valence-electron chi connectivity index (χ2n) is 4.51. The molecule has 0 bridgehead atoms. The Morgan fingerprint density at radius 3 is 2.55 bits per heavy atom. The quantitative estimate of drug-likeness (QED) is 0.857. The molecule has 0 amide bonds. The summed E-state index contributed by atoms with van der Waals surface area (Å²) in [6, 6.07) is 9.61. The van der Waals surface area contributed by atoms with Crippen LogP contribution in [-0.2, 0) is 11.2 Å². The number of aromatic nitrogens is 2. The van der Waals surface area contributed by atoms with Crippen LogP contribution in [-0.4, -0.2) is 26.3 Å². The minimum atomic E-state index is -0.834. The van der Waals surface area contributed by atoms with Crippen LogP contribution in [0.3, 0.4) is 0 Å². The Labute approximate surface area is 122 Å². The van der Waals surface area contributed by atoms with Crippen molar-refractivity contribution >= 4 is 17.7 Å². The third-order valence-corrected chi connectivity index (χ3v) is 4.06. The number of aryl methyl sites for hydroxylation is 2. The number of carboxylic acid groups (broad SMARTS) is 1. The number of aliphatic carboxylic acids is 1. The van der Waals surface area contributed by atoms with Crippen LogP contribution in [0.15, 0.2) is 41.6 Å². The van der Waals surface area contributed by atoms with Gasteiger partial charge in [-0.3, -0.25) is 9.78 Å². The molecule has 20 heavy (non-hydrogen) atoms. The number of hydrogen-bond acceptors (Lipinski definition) is 4. The second-order valence-corrected chi connectivity index (χ2v) is 5.74. The molecule has 0 saturated carbocycles. The average molecular weight is 288 g/mol. The van der Waals surface area contributed by atoms with Gasteiger partial charge >= 0.3 is 5.97 Å². The van der Waals surface area contributed by atoms with E-state index in [-0.39, 0.29) is 0 Å². The van der Waals surface area contributed by atoms with Gasteiger partial charge < -0.3 is 5.11 Å². The molecule has 0 radical (unpaired) electrons. The minimum absolute atomic E-state index is 0.468. The third kappa shape index (κ3) is 3.81. The topological polar surface area (TPSA) is 63.1 Å². The summed E-state index contributed by atoms with van der Waals surface area (Å²) in [4.78, 5) is 20.0. The lowest BCUT2D eigenvalue weighted by Crippen LogP contribution is -2.19. The van der Waals surface area contributed by atoms with E-state index in [2.05, 4.69) is 9.97 Å². The highest BCUT2D eigenvalue weighted by atomic mass is 32.2.